The SMILES string of the molecule is CCc1ccccc1NC(=O)CN(C)CC(=O)c1cc(C)n(C(C)C)c1C. The summed E-state index contributed by atoms with van der Waals surface area (Å²) in [6, 6.07) is 10.0. The second kappa shape index (κ2) is 9.00. The van der Waals surface area contributed by atoms with Gasteiger partial charge in [0.25, 0.3) is 0 Å². The number of Topliss-reactive ketones (excluding diaryl/α,β-unsaturated/α-hetero) is 1. The number of ketones is 1. The first-order valence-electron chi connectivity index (χ1n) is 9.52. The van der Waals surface area contributed by atoms with Crippen LogP contribution in [-0.4, -0.2) is 41.3 Å². The summed E-state index contributed by atoms with van der Waals surface area (Å²) in [6.45, 7) is 10.7. The number of anilines is 1. The summed E-state index contributed by atoms with van der Waals surface area (Å²) in [5, 5.41) is 2.95. The molecule has 5 nitrogen and oxygen atoms in total. The summed E-state index contributed by atoms with van der Waals surface area (Å²) >= 11 is 0. The standard InChI is InChI=1S/C22H31N3O2/c1-7-18-10-8-9-11-20(18)23-22(27)14-24(6)13-21(26)19-12-16(4)25(15(2)3)17(19)5/h8-12,15H,7,13-14H2,1-6H3,(H,23,27). The third-order valence-corrected chi connectivity index (χ3v) is 4.80. The average Bonchev–Trinajstić information content (AvgIpc) is 2.89. The highest BCUT2D eigenvalue weighted by Gasteiger charge is 2.19. The van der Waals surface area contributed by atoms with Gasteiger partial charge in [0.15, 0.2) is 5.78 Å². The maximum atomic E-state index is 12.7. The molecule has 0 saturated carbocycles. The van der Waals surface area contributed by atoms with Crippen molar-refractivity contribution in [3.05, 3.63) is 52.8 Å². The molecule has 1 aromatic carbocycles. The highest BCUT2D eigenvalue weighted by molar-refractivity contribution is 5.99. The first kappa shape index (κ1) is 20.9. The van der Waals surface area contributed by atoms with E-state index in [1.807, 2.05) is 44.2 Å². The van der Waals surface area contributed by atoms with Crippen molar-refractivity contribution in [1.82, 2.24) is 9.47 Å². The van der Waals surface area contributed by atoms with E-state index in [1.54, 1.807) is 11.9 Å². The van der Waals surface area contributed by atoms with Crippen molar-refractivity contribution >= 4 is 17.4 Å². The van der Waals surface area contributed by atoms with Gasteiger partial charge in [0, 0.05) is 28.7 Å². The number of aromatic nitrogens is 1. The number of likely N-dealkylation sites (N-methyl/N-ethyl adjacent to an activating group) is 1. The summed E-state index contributed by atoms with van der Waals surface area (Å²) < 4.78 is 2.17. The van der Waals surface area contributed by atoms with Crippen LogP contribution in [0, 0.1) is 13.8 Å². The molecule has 0 atom stereocenters. The van der Waals surface area contributed by atoms with Crippen LogP contribution in [0.4, 0.5) is 5.69 Å². The molecule has 0 saturated heterocycles. The van der Waals surface area contributed by atoms with Gasteiger partial charge in [-0.25, -0.2) is 0 Å². The Hall–Kier alpha value is -2.40. The Morgan fingerprint density at radius 2 is 1.81 bits per heavy atom. The van der Waals surface area contributed by atoms with Crippen LogP contribution in [0.1, 0.15) is 54.1 Å². The molecule has 0 aliphatic carbocycles. The summed E-state index contributed by atoms with van der Waals surface area (Å²) in [5.41, 5.74) is 4.75. The molecule has 1 aromatic heterocycles. The summed E-state index contributed by atoms with van der Waals surface area (Å²) in [7, 11) is 1.80. The fourth-order valence-corrected chi connectivity index (χ4v) is 3.63. The zero-order chi connectivity index (χ0) is 20.1. The number of carbonyl (C=O) groups excluding carboxylic acids is 2. The van der Waals surface area contributed by atoms with Crippen molar-refractivity contribution in [2.45, 2.75) is 47.1 Å². The van der Waals surface area contributed by atoms with E-state index in [4.69, 9.17) is 0 Å². The van der Waals surface area contributed by atoms with E-state index in [9.17, 15) is 9.59 Å². The summed E-state index contributed by atoms with van der Waals surface area (Å²) in [5.74, 6) is -0.0712. The predicted octanol–water partition coefficient (Wildman–Crippen LogP) is 4.00. The van der Waals surface area contributed by atoms with Crippen LogP contribution in [0.25, 0.3) is 0 Å². The van der Waals surface area contributed by atoms with Crippen molar-refractivity contribution in [3.63, 3.8) is 0 Å². The highest BCUT2D eigenvalue weighted by Crippen LogP contribution is 2.21. The molecule has 0 aliphatic rings. The van der Waals surface area contributed by atoms with E-state index < -0.39 is 0 Å². The minimum Gasteiger partial charge on any atom is -0.346 e. The lowest BCUT2D eigenvalue weighted by Crippen LogP contribution is -2.34. The number of benzene rings is 1. The summed E-state index contributed by atoms with van der Waals surface area (Å²) in [4.78, 5) is 26.8. The first-order chi connectivity index (χ1) is 12.7. The van der Waals surface area contributed by atoms with E-state index >= 15 is 0 Å². The Balaban J connectivity index is 1.99. The zero-order valence-corrected chi connectivity index (χ0v) is 17.3. The number of hydrogen-bond donors (Lipinski definition) is 1. The van der Waals surface area contributed by atoms with Gasteiger partial charge >= 0.3 is 0 Å². The van der Waals surface area contributed by atoms with Gasteiger partial charge in [-0.05, 0) is 58.9 Å². The van der Waals surface area contributed by atoms with E-state index in [0.717, 1.165) is 34.6 Å². The van der Waals surface area contributed by atoms with Gasteiger partial charge in [0.1, 0.15) is 0 Å². The molecule has 146 valence electrons. The van der Waals surface area contributed by atoms with Gasteiger partial charge in [-0.2, -0.15) is 0 Å². The Bertz CT molecular complexity index is 821. The first-order valence-corrected chi connectivity index (χ1v) is 9.52. The topological polar surface area (TPSA) is 54.3 Å². The van der Waals surface area contributed by atoms with Gasteiger partial charge in [0.05, 0.1) is 13.1 Å². The van der Waals surface area contributed by atoms with E-state index in [1.165, 1.54) is 0 Å². The largest absolute Gasteiger partial charge is 0.346 e. The molecule has 2 aromatic rings. The van der Waals surface area contributed by atoms with Crippen LogP contribution in [0.15, 0.2) is 30.3 Å². The van der Waals surface area contributed by atoms with Crippen molar-refractivity contribution in [2.24, 2.45) is 0 Å². The van der Waals surface area contributed by atoms with Crippen molar-refractivity contribution in [1.29, 1.82) is 0 Å². The molecule has 0 fully saturated rings. The third kappa shape index (κ3) is 5.07. The molecule has 27 heavy (non-hydrogen) atoms. The number of hydrogen-bond acceptors (Lipinski definition) is 3. The molecule has 1 amide bonds. The fourth-order valence-electron chi connectivity index (χ4n) is 3.63. The Morgan fingerprint density at radius 3 is 2.41 bits per heavy atom. The average molecular weight is 370 g/mol. The molecule has 1 heterocycles. The van der Waals surface area contributed by atoms with Gasteiger partial charge in [-0.15, -0.1) is 0 Å². The second-order valence-corrected chi connectivity index (χ2v) is 7.40. The van der Waals surface area contributed by atoms with E-state index in [2.05, 4.69) is 30.7 Å². The van der Waals surface area contributed by atoms with E-state index in [-0.39, 0.29) is 24.8 Å². The van der Waals surface area contributed by atoms with Crippen molar-refractivity contribution < 1.29 is 9.59 Å². The van der Waals surface area contributed by atoms with Crippen LogP contribution < -0.4 is 5.32 Å². The lowest BCUT2D eigenvalue weighted by Gasteiger charge is -2.17. The molecule has 0 spiro atoms. The molecule has 1 N–H and O–H groups in total. The number of rotatable bonds is 8. The fraction of sp³-hybridized carbons (Fsp3) is 0.455. The van der Waals surface area contributed by atoms with Crippen LogP contribution in [0.5, 0.6) is 0 Å². The maximum Gasteiger partial charge on any atom is 0.238 e. The Labute approximate surface area is 162 Å². The lowest BCUT2D eigenvalue weighted by molar-refractivity contribution is -0.116. The van der Waals surface area contributed by atoms with Crippen molar-refractivity contribution in [3.8, 4) is 0 Å². The quantitative estimate of drug-likeness (QED) is 0.716. The minimum atomic E-state index is -0.112. The Kier molecular flexibility index (Phi) is 6.97. The molecular formula is C22H31N3O2. The highest BCUT2D eigenvalue weighted by atomic mass is 16.2. The number of aryl methyl sites for hydroxylation is 2. The number of para-hydroxylation sites is 1. The number of carbonyl (C=O) groups is 2. The molecule has 0 radical (unpaired) electrons. The predicted molar refractivity (Wildman–Crippen MR) is 111 cm³/mol. The lowest BCUT2D eigenvalue weighted by atomic mass is 10.1. The van der Waals surface area contributed by atoms with Gasteiger partial charge < -0.3 is 9.88 Å². The van der Waals surface area contributed by atoms with Crippen LogP contribution in [0.3, 0.4) is 0 Å². The number of nitrogens with one attached hydrogen (secondary N) is 1. The summed E-state index contributed by atoms with van der Waals surface area (Å²) in [6.07, 6.45) is 0.857. The van der Waals surface area contributed by atoms with Crippen LogP contribution in [-0.2, 0) is 11.2 Å². The zero-order valence-electron chi connectivity index (χ0n) is 17.3. The monoisotopic (exact) mass is 369 g/mol. The smallest absolute Gasteiger partial charge is 0.238 e. The van der Waals surface area contributed by atoms with Gasteiger partial charge in [-0.3, -0.25) is 14.5 Å². The number of nitrogens with zero attached hydrogens (tertiary/aromatic N) is 2. The van der Waals surface area contributed by atoms with Crippen LogP contribution in [0.2, 0.25) is 0 Å². The molecule has 2 rings (SSSR count). The van der Waals surface area contributed by atoms with Gasteiger partial charge in [0.2, 0.25) is 5.91 Å². The molecule has 5 heteroatoms. The molecule has 0 bridgehead atoms. The molecule has 0 aliphatic heterocycles. The molecular weight excluding hydrogens is 338 g/mol. The molecule has 0 unspecified atom stereocenters. The third-order valence-electron chi connectivity index (χ3n) is 4.80. The van der Waals surface area contributed by atoms with E-state index in [0.29, 0.717) is 6.04 Å². The van der Waals surface area contributed by atoms with Gasteiger partial charge in [-0.1, -0.05) is 25.1 Å². The second-order valence-electron chi connectivity index (χ2n) is 7.40. The Morgan fingerprint density at radius 1 is 1.15 bits per heavy atom. The maximum absolute atomic E-state index is 12.7. The minimum absolute atomic E-state index is 0.0410. The normalized spacial score (nSPS) is 11.3. The van der Waals surface area contributed by atoms with Crippen LogP contribution >= 0.6 is 0 Å². The number of amides is 1. The van der Waals surface area contributed by atoms with Crippen molar-refractivity contribution in [2.75, 3.05) is 25.5 Å².